The van der Waals surface area contributed by atoms with E-state index >= 15 is 0 Å². The summed E-state index contributed by atoms with van der Waals surface area (Å²) in [5, 5.41) is 5.99. The maximum absolute atomic E-state index is 12.0. The van der Waals surface area contributed by atoms with Crippen LogP contribution in [0.2, 0.25) is 0 Å². The highest BCUT2D eigenvalue weighted by Gasteiger charge is 2.29. The van der Waals surface area contributed by atoms with Gasteiger partial charge in [-0.05, 0) is 25.0 Å². The summed E-state index contributed by atoms with van der Waals surface area (Å²) in [7, 11) is -2.99. The molecule has 1 saturated heterocycles. The number of hydrogen-bond acceptors (Lipinski definition) is 5. The first-order valence-corrected chi connectivity index (χ1v) is 9.53. The van der Waals surface area contributed by atoms with Crippen LogP contribution in [0.15, 0.2) is 18.3 Å². The van der Waals surface area contributed by atoms with Gasteiger partial charge in [-0.15, -0.1) is 0 Å². The topological polar surface area (TPSA) is 88.2 Å². The molecule has 1 aromatic heterocycles. The molecule has 1 fully saturated rings. The van der Waals surface area contributed by atoms with Crippen LogP contribution in [0.3, 0.4) is 0 Å². The molecule has 1 atom stereocenters. The summed E-state index contributed by atoms with van der Waals surface area (Å²) in [5.74, 6) is -0.151. The van der Waals surface area contributed by atoms with E-state index in [1.54, 1.807) is 12.3 Å². The SMILES string of the molecule is CCCCCNc1ccc(C(=O)NC2CCS(=O)(=O)C2)nc1. The van der Waals surface area contributed by atoms with Crippen molar-refractivity contribution in [2.24, 2.45) is 0 Å². The summed E-state index contributed by atoms with van der Waals surface area (Å²) < 4.78 is 22.8. The zero-order valence-electron chi connectivity index (χ0n) is 12.8. The summed E-state index contributed by atoms with van der Waals surface area (Å²) in [4.78, 5) is 16.2. The van der Waals surface area contributed by atoms with E-state index < -0.39 is 9.84 Å². The molecule has 0 radical (unpaired) electrons. The van der Waals surface area contributed by atoms with Gasteiger partial charge in [-0.1, -0.05) is 19.8 Å². The van der Waals surface area contributed by atoms with Gasteiger partial charge in [0.05, 0.1) is 23.4 Å². The minimum atomic E-state index is -2.99. The van der Waals surface area contributed by atoms with Gasteiger partial charge in [0.1, 0.15) is 5.69 Å². The molecule has 1 aliphatic heterocycles. The smallest absolute Gasteiger partial charge is 0.270 e. The van der Waals surface area contributed by atoms with Gasteiger partial charge in [-0.3, -0.25) is 4.79 Å². The van der Waals surface area contributed by atoms with Gasteiger partial charge in [0.15, 0.2) is 9.84 Å². The molecule has 2 N–H and O–H groups in total. The Morgan fingerprint density at radius 2 is 2.18 bits per heavy atom. The van der Waals surface area contributed by atoms with Gasteiger partial charge < -0.3 is 10.6 Å². The molecule has 1 aromatic rings. The Hall–Kier alpha value is -1.63. The molecule has 2 heterocycles. The van der Waals surface area contributed by atoms with E-state index in [1.807, 2.05) is 6.07 Å². The Balaban J connectivity index is 1.83. The van der Waals surface area contributed by atoms with E-state index in [0.29, 0.717) is 12.1 Å². The molecule has 1 amide bonds. The van der Waals surface area contributed by atoms with Crippen LogP contribution in [0.5, 0.6) is 0 Å². The molecular formula is C15H23N3O3S. The number of aromatic nitrogens is 1. The predicted octanol–water partition coefficient (Wildman–Crippen LogP) is 1.60. The van der Waals surface area contributed by atoms with Crippen LogP contribution in [0, 0.1) is 0 Å². The Bertz CT molecular complexity index is 599. The molecule has 0 aliphatic carbocycles. The largest absolute Gasteiger partial charge is 0.384 e. The average molecular weight is 325 g/mol. The Morgan fingerprint density at radius 3 is 2.77 bits per heavy atom. The molecular weight excluding hydrogens is 302 g/mol. The van der Waals surface area contributed by atoms with Crippen molar-refractivity contribution in [1.82, 2.24) is 10.3 Å². The van der Waals surface area contributed by atoms with Crippen molar-refractivity contribution in [2.45, 2.75) is 38.6 Å². The first kappa shape index (κ1) is 16.7. The second-order valence-corrected chi connectivity index (χ2v) is 7.87. The van der Waals surface area contributed by atoms with Crippen LogP contribution < -0.4 is 10.6 Å². The molecule has 0 saturated carbocycles. The fourth-order valence-corrected chi connectivity index (χ4v) is 4.08. The van der Waals surface area contributed by atoms with Crippen molar-refractivity contribution >= 4 is 21.4 Å². The first-order chi connectivity index (χ1) is 10.5. The van der Waals surface area contributed by atoms with Crippen LogP contribution in [0.4, 0.5) is 5.69 Å². The highest BCUT2D eigenvalue weighted by Crippen LogP contribution is 2.12. The lowest BCUT2D eigenvalue weighted by Gasteiger charge is -2.11. The Labute approximate surface area is 131 Å². The van der Waals surface area contributed by atoms with Gasteiger partial charge in [0.2, 0.25) is 0 Å². The van der Waals surface area contributed by atoms with Gasteiger partial charge in [0.25, 0.3) is 5.91 Å². The molecule has 7 heteroatoms. The van der Waals surface area contributed by atoms with Crippen molar-refractivity contribution in [2.75, 3.05) is 23.4 Å². The van der Waals surface area contributed by atoms with E-state index in [4.69, 9.17) is 0 Å². The lowest BCUT2D eigenvalue weighted by Crippen LogP contribution is -2.36. The van der Waals surface area contributed by atoms with Crippen molar-refractivity contribution in [1.29, 1.82) is 0 Å². The molecule has 6 nitrogen and oxygen atoms in total. The van der Waals surface area contributed by atoms with Crippen LogP contribution in [0.25, 0.3) is 0 Å². The quantitative estimate of drug-likeness (QED) is 0.744. The fourth-order valence-electron chi connectivity index (χ4n) is 2.41. The number of amides is 1. The number of nitrogens with one attached hydrogen (secondary N) is 2. The monoisotopic (exact) mass is 325 g/mol. The summed E-state index contributed by atoms with van der Waals surface area (Å²) in [6.07, 6.45) is 5.58. The molecule has 0 spiro atoms. The van der Waals surface area contributed by atoms with Gasteiger partial charge in [0, 0.05) is 12.6 Å². The van der Waals surface area contributed by atoms with Crippen molar-refractivity contribution in [3.05, 3.63) is 24.0 Å². The van der Waals surface area contributed by atoms with Crippen LogP contribution in [0.1, 0.15) is 43.1 Å². The Morgan fingerprint density at radius 1 is 1.36 bits per heavy atom. The third kappa shape index (κ3) is 4.98. The molecule has 1 aliphatic rings. The number of carbonyl (C=O) groups is 1. The van der Waals surface area contributed by atoms with Crippen LogP contribution >= 0.6 is 0 Å². The lowest BCUT2D eigenvalue weighted by molar-refractivity contribution is 0.0936. The number of sulfone groups is 1. The van der Waals surface area contributed by atoms with Crippen LogP contribution in [-0.2, 0) is 9.84 Å². The summed E-state index contributed by atoms with van der Waals surface area (Å²) in [6, 6.07) is 3.17. The number of hydrogen-bond donors (Lipinski definition) is 2. The molecule has 122 valence electrons. The number of pyridine rings is 1. The van der Waals surface area contributed by atoms with E-state index in [0.717, 1.165) is 18.7 Å². The third-order valence-electron chi connectivity index (χ3n) is 3.67. The zero-order chi connectivity index (χ0) is 16.0. The fraction of sp³-hybridized carbons (Fsp3) is 0.600. The second kappa shape index (κ2) is 7.58. The molecule has 0 bridgehead atoms. The second-order valence-electron chi connectivity index (χ2n) is 5.64. The summed E-state index contributed by atoms with van der Waals surface area (Å²) in [5.41, 5.74) is 1.19. The van der Waals surface area contributed by atoms with Crippen molar-refractivity contribution in [3.63, 3.8) is 0 Å². The molecule has 0 aromatic carbocycles. The maximum atomic E-state index is 12.0. The molecule has 1 unspecified atom stereocenters. The van der Waals surface area contributed by atoms with E-state index in [-0.39, 0.29) is 23.5 Å². The lowest BCUT2D eigenvalue weighted by atomic mass is 10.2. The number of nitrogens with zero attached hydrogens (tertiary/aromatic N) is 1. The van der Waals surface area contributed by atoms with Gasteiger partial charge >= 0.3 is 0 Å². The van der Waals surface area contributed by atoms with E-state index in [2.05, 4.69) is 22.5 Å². The molecule has 2 rings (SSSR count). The highest BCUT2D eigenvalue weighted by molar-refractivity contribution is 7.91. The van der Waals surface area contributed by atoms with Crippen molar-refractivity contribution in [3.8, 4) is 0 Å². The number of rotatable bonds is 7. The zero-order valence-corrected chi connectivity index (χ0v) is 13.7. The van der Waals surface area contributed by atoms with Crippen molar-refractivity contribution < 1.29 is 13.2 Å². The maximum Gasteiger partial charge on any atom is 0.270 e. The van der Waals surface area contributed by atoms with Crippen LogP contribution in [-0.4, -0.2) is 43.4 Å². The number of unbranched alkanes of at least 4 members (excludes halogenated alkanes) is 2. The average Bonchev–Trinajstić information content (AvgIpc) is 2.83. The summed E-state index contributed by atoms with van der Waals surface area (Å²) in [6.45, 7) is 3.05. The van der Waals surface area contributed by atoms with Gasteiger partial charge in [-0.2, -0.15) is 0 Å². The van der Waals surface area contributed by atoms with Gasteiger partial charge in [-0.25, -0.2) is 13.4 Å². The number of anilines is 1. The standard InChI is InChI=1S/C15H23N3O3S/c1-2-3-4-8-16-12-5-6-14(17-10-12)15(19)18-13-7-9-22(20,21)11-13/h5-6,10,13,16H,2-4,7-9,11H2,1H3,(H,18,19). The third-order valence-corrected chi connectivity index (χ3v) is 5.44. The highest BCUT2D eigenvalue weighted by atomic mass is 32.2. The molecule has 22 heavy (non-hydrogen) atoms. The van der Waals surface area contributed by atoms with E-state index in [1.165, 1.54) is 12.8 Å². The van der Waals surface area contributed by atoms with E-state index in [9.17, 15) is 13.2 Å². The normalized spacial score (nSPS) is 19.8. The minimum absolute atomic E-state index is 0.0236. The predicted molar refractivity (Wildman–Crippen MR) is 86.8 cm³/mol. The number of carbonyl (C=O) groups excluding carboxylic acids is 1. The summed E-state index contributed by atoms with van der Waals surface area (Å²) >= 11 is 0. The minimum Gasteiger partial charge on any atom is -0.384 e. The first-order valence-electron chi connectivity index (χ1n) is 7.71. The Kier molecular flexibility index (Phi) is 5.76.